The number of hydrogen-bond acceptors (Lipinski definition) is 5. The molecule has 0 saturated carbocycles. The predicted octanol–water partition coefficient (Wildman–Crippen LogP) is 2.24. The van der Waals surface area contributed by atoms with E-state index in [1.165, 1.54) is 6.20 Å². The fourth-order valence-corrected chi connectivity index (χ4v) is 5.39. The zero-order valence-corrected chi connectivity index (χ0v) is 14.4. The van der Waals surface area contributed by atoms with E-state index in [4.69, 9.17) is 0 Å². The van der Waals surface area contributed by atoms with Crippen molar-refractivity contribution >= 4 is 21.4 Å². The van der Waals surface area contributed by atoms with Crippen LogP contribution in [0.25, 0.3) is 0 Å². The third-order valence-electron chi connectivity index (χ3n) is 4.16. The van der Waals surface area contributed by atoms with Crippen LogP contribution in [0.5, 0.6) is 0 Å². The molecular weight excluding hydrogens is 320 g/mol. The summed E-state index contributed by atoms with van der Waals surface area (Å²) in [5.41, 5.74) is 0.707. The number of sulfonamides is 1. The summed E-state index contributed by atoms with van der Waals surface area (Å²) < 4.78 is 29.1. The third-order valence-corrected chi connectivity index (χ3v) is 7.07. The monoisotopic (exact) mass is 340 g/mol. The molecule has 0 aromatic carbocycles. The summed E-state index contributed by atoms with van der Waals surface area (Å²) in [6.07, 6.45) is 5.11. The number of piperidine rings is 1. The molecule has 3 rings (SSSR count). The zero-order valence-electron chi connectivity index (χ0n) is 12.8. The molecule has 6 nitrogen and oxygen atoms in total. The summed E-state index contributed by atoms with van der Waals surface area (Å²) in [5.74, 6) is 0.199. The van der Waals surface area contributed by atoms with Crippen LogP contribution < -0.4 is 0 Å². The van der Waals surface area contributed by atoms with E-state index in [0.717, 1.165) is 17.8 Å². The van der Waals surface area contributed by atoms with E-state index < -0.39 is 10.0 Å². The number of rotatable bonds is 4. The molecule has 2 aromatic rings. The van der Waals surface area contributed by atoms with Gasteiger partial charge in [0.15, 0.2) is 0 Å². The quantitative estimate of drug-likeness (QED) is 0.856. The largest absolute Gasteiger partial charge is 0.269 e. The smallest absolute Gasteiger partial charge is 0.246 e. The molecule has 0 aliphatic carbocycles. The van der Waals surface area contributed by atoms with Crippen molar-refractivity contribution in [1.82, 2.24) is 19.1 Å². The minimum Gasteiger partial charge on any atom is -0.269 e. The Bertz CT molecular complexity index is 737. The Labute approximate surface area is 134 Å². The van der Waals surface area contributed by atoms with Gasteiger partial charge in [0.25, 0.3) is 0 Å². The Kier molecular flexibility index (Phi) is 4.33. The summed E-state index contributed by atoms with van der Waals surface area (Å²) >= 11 is 1.60. The van der Waals surface area contributed by atoms with Gasteiger partial charge in [0.05, 0.1) is 16.9 Å². The van der Waals surface area contributed by atoms with Gasteiger partial charge in [-0.25, -0.2) is 13.4 Å². The lowest BCUT2D eigenvalue weighted by atomic mass is 10.0. The molecule has 0 bridgehead atoms. The van der Waals surface area contributed by atoms with Crippen LogP contribution in [0.2, 0.25) is 0 Å². The van der Waals surface area contributed by atoms with Crippen LogP contribution in [0.1, 0.15) is 36.4 Å². The van der Waals surface area contributed by atoms with Crippen LogP contribution in [0, 0.1) is 6.92 Å². The summed E-state index contributed by atoms with van der Waals surface area (Å²) in [5, 5.41) is 7.14. The first kappa shape index (κ1) is 15.6. The standard InChI is InChI=1S/C14H20N4O2S2/c1-3-18-11(2)13(9-16-18)22(19,20)17-7-4-5-12(10-17)14-15-6-8-21-14/h6,8-9,12H,3-5,7,10H2,1-2H3/t12-/m0/s1. The van der Waals surface area contributed by atoms with Gasteiger partial charge < -0.3 is 0 Å². The molecular formula is C14H20N4O2S2. The lowest BCUT2D eigenvalue weighted by molar-refractivity contribution is 0.315. The first-order chi connectivity index (χ1) is 10.5. The molecule has 1 aliphatic rings. The van der Waals surface area contributed by atoms with Gasteiger partial charge in [-0.1, -0.05) is 0 Å². The Morgan fingerprint density at radius 3 is 2.91 bits per heavy atom. The second-order valence-corrected chi connectivity index (χ2v) is 8.32. The van der Waals surface area contributed by atoms with Gasteiger partial charge in [-0.2, -0.15) is 9.40 Å². The molecule has 1 atom stereocenters. The van der Waals surface area contributed by atoms with Gasteiger partial charge in [-0.05, 0) is 26.7 Å². The Balaban J connectivity index is 1.87. The highest BCUT2D eigenvalue weighted by atomic mass is 32.2. The van der Waals surface area contributed by atoms with Crippen molar-refractivity contribution in [2.45, 2.75) is 44.0 Å². The molecule has 3 heterocycles. The highest BCUT2D eigenvalue weighted by Crippen LogP contribution is 2.31. The van der Waals surface area contributed by atoms with Crippen molar-refractivity contribution < 1.29 is 8.42 Å². The van der Waals surface area contributed by atoms with Crippen LogP contribution in [-0.2, 0) is 16.6 Å². The number of aryl methyl sites for hydroxylation is 1. The summed E-state index contributed by atoms with van der Waals surface area (Å²) in [6.45, 7) is 5.51. The van der Waals surface area contributed by atoms with E-state index in [-0.39, 0.29) is 5.92 Å². The van der Waals surface area contributed by atoms with Gasteiger partial charge in [0, 0.05) is 37.1 Å². The Morgan fingerprint density at radius 2 is 2.27 bits per heavy atom. The molecule has 1 saturated heterocycles. The molecule has 0 N–H and O–H groups in total. The van der Waals surface area contributed by atoms with Crippen molar-refractivity contribution in [2.24, 2.45) is 0 Å². The van der Waals surface area contributed by atoms with Crippen molar-refractivity contribution in [2.75, 3.05) is 13.1 Å². The predicted molar refractivity (Wildman–Crippen MR) is 85.5 cm³/mol. The minimum absolute atomic E-state index is 0.199. The average Bonchev–Trinajstić information content (AvgIpc) is 3.16. The summed E-state index contributed by atoms with van der Waals surface area (Å²) in [7, 11) is -3.48. The van der Waals surface area contributed by atoms with Crippen molar-refractivity contribution in [1.29, 1.82) is 0 Å². The van der Waals surface area contributed by atoms with E-state index >= 15 is 0 Å². The lowest BCUT2D eigenvalue weighted by Crippen LogP contribution is -2.39. The molecule has 0 radical (unpaired) electrons. The van der Waals surface area contributed by atoms with Crippen LogP contribution in [0.4, 0.5) is 0 Å². The van der Waals surface area contributed by atoms with Crippen LogP contribution in [0.15, 0.2) is 22.7 Å². The highest BCUT2D eigenvalue weighted by molar-refractivity contribution is 7.89. The number of thiazole rings is 1. The van der Waals surface area contributed by atoms with Crippen LogP contribution in [0.3, 0.4) is 0 Å². The average molecular weight is 340 g/mol. The molecule has 0 spiro atoms. The first-order valence-electron chi connectivity index (χ1n) is 7.46. The molecule has 0 unspecified atom stereocenters. The molecule has 120 valence electrons. The normalized spacial score (nSPS) is 20.4. The van der Waals surface area contributed by atoms with Gasteiger partial charge >= 0.3 is 0 Å². The fourth-order valence-electron chi connectivity index (χ4n) is 2.94. The number of aromatic nitrogens is 3. The van der Waals surface area contributed by atoms with E-state index in [9.17, 15) is 8.42 Å². The second kappa shape index (κ2) is 6.10. The highest BCUT2D eigenvalue weighted by Gasteiger charge is 2.33. The van der Waals surface area contributed by atoms with Crippen molar-refractivity contribution in [3.63, 3.8) is 0 Å². The molecule has 8 heteroatoms. The summed E-state index contributed by atoms with van der Waals surface area (Å²) in [4.78, 5) is 4.67. The van der Waals surface area contributed by atoms with E-state index in [1.807, 2.05) is 19.2 Å². The van der Waals surface area contributed by atoms with E-state index in [1.54, 1.807) is 26.5 Å². The van der Waals surface area contributed by atoms with Crippen LogP contribution >= 0.6 is 11.3 Å². The van der Waals surface area contributed by atoms with Gasteiger partial charge in [-0.3, -0.25) is 4.68 Å². The zero-order chi connectivity index (χ0) is 15.7. The van der Waals surface area contributed by atoms with Gasteiger partial charge in [-0.15, -0.1) is 11.3 Å². The van der Waals surface area contributed by atoms with E-state index in [2.05, 4.69) is 10.1 Å². The fraction of sp³-hybridized carbons (Fsp3) is 0.571. The number of hydrogen-bond donors (Lipinski definition) is 0. The molecule has 2 aromatic heterocycles. The maximum absolute atomic E-state index is 12.9. The van der Waals surface area contributed by atoms with Gasteiger partial charge in [0.1, 0.15) is 4.90 Å². The Morgan fingerprint density at radius 1 is 1.45 bits per heavy atom. The Hall–Kier alpha value is -1.25. The van der Waals surface area contributed by atoms with Crippen molar-refractivity contribution in [3.8, 4) is 0 Å². The van der Waals surface area contributed by atoms with E-state index in [0.29, 0.717) is 30.2 Å². The topological polar surface area (TPSA) is 68.1 Å². The summed E-state index contributed by atoms with van der Waals surface area (Å²) in [6, 6.07) is 0. The van der Waals surface area contributed by atoms with Gasteiger partial charge in [0.2, 0.25) is 10.0 Å². The third kappa shape index (κ3) is 2.70. The maximum Gasteiger partial charge on any atom is 0.246 e. The van der Waals surface area contributed by atoms with Crippen LogP contribution in [-0.4, -0.2) is 40.6 Å². The van der Waals surface area contributed by atoms with Crippen molar-refractivity contribution in [3.05, 3.63) is 28.5 Å². The number of nitrogens with zero attached hydrogens (tertiary/aromatic N) is 4. The SMILES string of the molecule is CCn1ncc(S(=O)(=O)N2CCC[C@H](c3nccs3)C2)c1C. The maximum atomic E-state index is 12.9. The minimum atomic E-state index is -3.48. The molecule has 1 fully saturated rings. The lowest BCUT2D eigenvalue weighted by Gasteiger charge is -2.30. The first-order valence-corrected chi connectivity index (χ1v) is 9.78. The molecule has 1 aliphatic heterocycles. The molecule has 0 amide bonds. The second-order valence-electron chi connectivity index (χ2n) is 5.48. The molecule has 22 heavy (non-hydrogen) atoms.